The summed E-state index contributed by atoms with van der Waals surface area (Å²) in [7, 11) is 1.87. The van der Waals surface area contributed by atoms with Gasteiger partial charge in [0.2, 0.25) is 0 Å². The highest BCUT2D eigenvalue weighted by Gasteiger charge is 2.29. The van der Waals surface area contributed by atoms with Gasteiger partial charge in [-0.1, -0.05) is 6.92 Å². The Balaban J connectivity index is 2.19. The van der Waals surface area contributed by atoms with E-state index < -0.39 is 0 Å². The first-order valence-corrected chi connectivity index (χ1v) is 6.07. The van der Waals surface area contributed by atoms with Crippen LogP contribution >= 0.6 is 0 Å². The Bertz CT molecular complexity index is 366. The van der Waals surface area contributed by atoms with Crippen molar-refractivity contribution in [2.24, 2.45) is 0 Å². The molecule has 5 nitrogen and oxygen atoms in total. The van der Waals surface area contributed by atoms with Gasteiger partial charge in [0.15, 0.2) is 0 Å². The van der Waals surface area contributed by atoms with E-state index in [0.29, 0.717) is 0 Å². The average molecular weight is 236 g/mol. The third-order valence-corrected chi connectivity index (χ3v) is 2.99. The lowest BCUT2D eigenvalue weighted by Crippen LogP contribution is -2.35. The predicted octanol–water partition coefficient (Wildman–Crippen LogP) is 1.67. The molecule has 0 aromatic carbocycles. The number of nitrogens with one attached hydrogen (secondary N) is 2. The zero-order chi connectivity index (χ0) is 12.3. The number of hydrogen-bond donors (Lipinski definition) is 2. The second kappa shape index (κ2) is 4.87. The van der Waals surface area contributed by atoms with Gasteiger partial charge in [-0.15, -0.1) is 0 Å². The second-order valence-corrected chi connectivity index (χ2v) is 4.65. The number of hydrogen-bond acceptors (Lipinski definition) is 5. The van der Waals surface area contributed by atoms with Crippen LogP contribution in [0.2, 0.25) is 0 Å². The zero-order valence-corrected chi connectivity index (χ0v) is 10.7. The molecular weight excluding hydrogens is 216 g/mol. The maximum absolute atomic E-state index is 5.42. The summed E-state index contributed by atoms with van der Waals surface area (Å²) in [5, 5.41) is 6.51. The molecule has 1 atom stereocenters. The number of nitrogens with zero attached hydrogens (tertiary/aromatic N) is 2. The van der Waals surface area contributed by atoms with Crippen LogP contribution in [0.5, 0.6) is 0 Å². The van der Waals surface area contributed by atoms with Crippen LogP contribution in [0.25, 0.3) is 0 Å². The van der Waals surface area contributed by atoms with Gasteiger partial charge in [0.25, 0.3) is 0 Å². The molecule has 0 saturated carbocycles. The molecule has 2 heterocycles. The lowest BCUT2D eigenvalue weighted by atomic mass is 10.0. The van der Waals surface area contributed by atoms with Crippen molar-refractivity contribution < 1.29 is 4.74 Å². The fraction of sp³-hybridized carbons (Fsp3) is 0.667. The van der Waals surface area contributed by atoms with Crippen molar-refractivity contribution in [3.63, 3.8) is 0 Å². The first-order chi connectivity index (χ1) is 8.15. The predicted molar refractivity (Wildman–Crippen MR) is 68.4 cm³/mol. The highest BCUT2D eigenvalue weighted by atomic mass is 16.5. The van der Waals surface area contributed by atoms with Crippen molar-refractivity contribution in [3.05, 3.63) is 11.9 Å². The summed E-state index contributed by atoms with van der Waals surface area (Å²) in [6, 6.07) is 1.93. The summed E-state index contributed by atoms with van der Waals surface area (Å²) in [5.41, 5.74) is -0.00955. The number of anilines is 2. The molecule has 5 heteroatoms. The van der Waals surface area contributed by atoms with E-state index in [1.165, 1.54) is 0 Å². The Hall–Kier alpha value is -1.36. The van der Waals surface area contributed by atoms with Crippen LogP contribution in [0.15, 0.2) is 6.07 Å². The van der Waals surface area contributed by atoms with Crippen LogP contribution in [0.1, 0.15) is 26.1 Å². The molecule has 1 aliphatic heterocycles. The normalized spacial score (nSPS) is 23.7. The molecule has 2 N–H and O–H groups in total. The Morgan fingerprint density at radius 3 is 2.76 bits per heavy atom. The van der Waals surface area contributed by atoms with Gasteiger partial charge in [0.05, 0.1) is 12.1 Å². The SMILES string of the molecule is CCc1nc(NC)cc(NC2(C)CCOC2)n1. The van der Waals surface area contributed by atoms with E-state index in [9.17, 15) is 0 Å². The third kappa shape index (κ3) is 2.85. The minimum absolute atomic E-state index is 0.00955. The van der Waals surface area contributed by atoms with Crippen LogP contribution in [-0.2, 0) is 11.2 Å². The molecule has 0 bridgehead atoms. The summed E-state index contributed by atoms with van der Waals surface area (Å²) < 4.78 is 5.42. The Morgan fingerprint density at radius 2 is 2.18 bits per heavy atom. The summed E-state index contributed by atoms with van der Waals surface area (Å²) in [5.74, 6) is 2.57. The molecule has 1 saturated heterocycles. The van der Waals surface area contributed by atoms with Gasteiger partial charge in [0.1, 0.15) is 17.5 Å². The summed E-state index contributed by atoms with van der Waals surface area (Å²) in [4.78, 5) is 8.86. The summed E-state index contributed by atoms with van der Waals surface area (Å²) >= 11 is 0. The fourth-order valence-electron chi connectivity index (χ4n) is 1.92. The molecular formula is C12H20N4O. The summed E-state index contributed by atoms with van der Waals surface area (Å²) in [6.45, 7) is 5.76. The van der Waals surface area contributed by atoms with Crippen molar-refractivity contribution in [1.82, 2.24) is 9.97 Å². The monoisotopic (exact) mass is 236 g/mol. The van der Waals surface area contributed by atoms with E-state index in [1.54, 1.807) is 0 Å². The number of aromatic nitrogens is 2. The molecule has 1 aliphatic rings. The Kier molecular flexibility index (Phi) is 3.47. The number of rotatable bonds is 4. The molecule has 1 unspecified atom stereocenters. The minimum Gasteiger partial charge on any atom is -0.379 e. The second-order valence-electron chi connectivity index (χ2n) is 4.65. The molecule has 0 amide bonds. The molecule has 1 fully saturated rings. The Morgan fingerprint density at radius 1 is 1.41 bits per heavy atom. The summed E-state index contributed by atoms with van der Waals surface area (Å²) in [6.07, 6.45) is 1.84. The lowest BCUT2D eigenvalue weighted by Gasteiger charge is -2.24. The molecule has 0 spiro atoms. The largest absolute Gasteiger partial charge is 0.379 e. The van der Waals surface area contributed by atoms with E-state index in [0.717, 1.165) is 43.5 Å². The van der Waals surface area contributed by atoms with Crippen LogP contribution in [-0.4, -0.2) is 35.8 Å². The minimum atomic E-state index is -0.00955. The van der Waals surface area contributed by atoms with E-state index in [4.69, 9.17) is 4.74 Å². The first kappa shape index (κ1) is 12.1. The quantitative estimate of drug-likeness (QED) is 0.832. The van der Waals surface area contributed by atoms with Gasteiger partial charge < -0.3 is 15.4 Å². The van der Waals surface area contributed by atoms with Crippen molar-refractivity contribution in [2.45, 2.75) is 32.2 Å². The van der Waals surface area contributed by atoms with Crippen LogP contribution in [0.4, 0.5) is 11.6 Å². The number of aryl methyl sites for hydroxylation is 1. The molecule has 94 valence electrons. The van der Waals surface area contributed by atoms with E-state index in [1.807, 2.05) is 13.1 Å². The molecule has 17 heavy (non-hydrogen) atoms. The topological polar surface area (TPSA) is 59.1 Å². The van der Waals surface area contributed by atoms with Gasteiger partial charge >= 0.3 is 0 Å². The van der Waals surface area contributed by atoms with Gasteiger partial charge in [-0.3, -0.25) is 0 Å². The molecule has 1 aromatic heterocycles. The molecule has 1 aromatic rings. The van der Waals surface area contributed by atoms with Gasteiger partial charge in [-0.2, -0.15) is 0 Å². The van der Waals surface area contributed by atoms with Crippen LogP contribution in [0.3, 0.4) is 0 Å². The zero-order valence-electron chi connectivity index (χ0n) is 10.7. The van der Waals surface area contributed by atoms with Crippen molar-refractivity contribution in [2.75, 3.05) is 30.9 Å². The average Bonchev–Trinajstić information content (AvgIpc) is 2.75. The maximum atomic E-state index is 5.42. The fourth-order valence-corrected chi connectivity index (χ4v) is 1.92. The molecule has 0 radical (unpaired) electrons. The van der Waals surface area contributed by atoms with Gasteiger partial charge in [-0.05, 0) is 13.3 Å². The molecule has 2 rings (SSSR count). The van der Waals surface area contributed by atoms with Crippen LogP contribution < -0.4 is 10.6 Å². The standard InChI is InChI=1S/C12H20N4O/c1-4-9-14-10(13-3)7-11(15-9)16-12(2)5-6-17-8-12/h7H,4-6,8H2,1-3H3,(H2,13,14,15,16). The maximum Gasteiger partial charge on any atom is 0.132 e. The van der Waals surface area contributed by atoms with Gasteiger partial charge in [-0.25, -0.2) is 9.97 Å². The smallest absolute Gasteiger partial charge is 0.132 e. The van der Waals surface area contributed by atoms with Crippen molar-refractivity contribution >= 4 is 11.6 Å². The highest BCUT2D eigenvalue weighted by molar-refractivity contribution is 5.48. The van der Waals surface area contributed by atoms with Crippen molar-refractivity contribution in [1.29, 1.82) is 0 Å². The van der Waals surface area contributed by atoms with Crippen molar-refractivity contribution in [3.8, 4) is 0 Å². The third-order valence-electron chi connectivity index (χ3n) is 2.99. The van der Waals surface area contributed by atoms with E-state index >= 15 is 0 Å². The molecule has 0 aliphatic carbocycles. The van der Waals surface area contributed by atoms with Crippen LogP contribution in [0, 0.1) is 0 Å². The Labute approximate surface area is 102 Å². The first-order valence-electron chi connectivity index (χ1n) is 6.07. The lowest BCUT2D eigenvalue weighted by molar-refractivity contribution is 0.185. The number of ether oxygens (including phenoxy) is 1. The van der Waals surface area contributed by atoms with E-state index in [-0.39, 0.29) is 5.54 Å². The highest BCUT2D eigenvalue weighted by Crippen LogP contribution is 2.23. The van der Waals surface area contributed by atoms with E-state index in [2.05, 4.69) is 34.4 Å². The van der Waals surface area contributed by atoms with Gasteiger partial charge in [0, 0.05) is 26.1 Å².